The molecule has 28 heavy (non-hydrogen) atoms. The molecule has 0 saturated carbocycles. The number of hydrazine groups is 1. The molecule has 0 atom stereocenters. The fraction of sp³-hybridized carbons (Fsp3) is 0.286. The lowest BCUT2D eigenvalue weighted by atomic mass is 10.1. The molecule has 0 radical (unpaired) electrons. The SMILES string of the molecule is COc1ccc(C(C)=O)cc1CSCC(=O)NNC(=O)c1ccc(C)cc1C. The Morgan fingerprint density at radius 1 is 1.04 bits per heavy atom. The van der Waals surface area contributed by atoms with Crippen LogP contribution in [0, 0.1) is 13.8 Å². The van der Waals surface area contributed by atoms with E-state index >= 15 is 0 Å². The summed E-state index contributed by atoms with van der Waals surface area (Å²) in [5.74, 6) is 0.627. The number of rotatable bonds is 7. The van der Waals surface area contributed by atoms with Crippen molar-refractivity contribution in [3.05, 3.63) is 64.2 Å². The third-order valence-electron chi connectivity index (χ3n) is 4.12. The molecular weight excluding hydrogens is 376 g/mol. The van der Waals surface area contributed by atoms with Crippen molar-refractivity contribution < 1.29 is 19.1 Å². The molecular formula is C21H24N2O4S. The number of carbonyl (C=O) groups is 3. The number of methoxy groups -OCH3 is 1. The molecule has 0 fully saturated rings. The molecule has 0 aromatic heterocycles. The van der Waals surface area contributed by atoms with Crippen molar-refractivity contribution in [3.63, 3.8) is 0 Å². The number of hydrogen-bond donors (Lipinski definition) is 2. The Kier molecular flexibility index (Phi) is 7.63. The second kappa shape index (κ2) is 9.94. The highest BCUT2D eigenvalue weighted by molar-refractivity contribution is 7.99. The van der Waals surface area contributed by atoms with E-state index in [2.05, 4.69) is 10.9 Å². The van der Waals surface area contributed by atoms with E-state index in [0.717, 1.165) is 16.7 Å². The zero-order valence-corrected chi connectivity index (χ0v) is 17.2. The summed E-state index contributed by atoms with van der Waals surface area (Å²) in [5.41, 5.74) is 8.73. The van der Waals surface area contributed by atoms with Crippen molar-refractivity contribution in [2.24, 2.45) is 0 Å². The number of amides is 2. The Bertz CT molecular complexity index is 896. The van der Waals surface area contributed by atoms with E-state index in [1.54, 1.807) is 31.4 Å². The molecule has 2 N–H and O–H groups in total. The van der Waals surface area contributed by atoms with Crippen molar-refractivity contribution in [2.75, 3.05) is 12.9 Å². The number of Topliss-reactive ketones (excluding diaryl/α,β-unsaturated/α-hetero) is 1. The smallest absolute Gasteiger partial charge is 0.269 e. The molecule has 0 saturated heterocycles. The van der Waals surface area contributed by atoms with Crippen LogP contribution in [0.2, 0.25) is 0 Å². The summed E-state index contributed by atoms with van der Waals surface area (Å²) >= 11 is 1.36. The van der Waals surface area contributed by atoms with Gasteiger partial charge in [0.15, 0.2) is 5.78 Å². The number of benzene rings is 2. The number of aryl methyl sites for hydroxylation is 2. The Morgan fingerprint density at radius 3 is 2.43 bits per heavy atom. The molecule has 0 aliphatic heterocycles. The van der Waals surface area contributed by atoms with E-state index in [0.29, 0.717) is 22.6 Å². The van der Waals surface area contributed by atoms with Gasteiger partial charge < -0.3 is 4.74 Å². The summed E-state index contributed by atoms with van der Waals surface area (Å²) < 4.78 is 5.30. The van der Waals surface area contributed by atoms with Crippen molar-refractivity contribution in [1.29, 1.82) is 0 Å². The Morgan fingerprint density at radius 2 is 1.79 bits per heavy atom. The van der Waals surface area contributed by atoms with Gasteiger partial charge in [-0.05, 0) is 50.6 Å². The quantitative estimate of drug-likeness (QED) is 0.551. The largest absolute Gasteiger partial charge is 0.496 e. The van der Waals surface area contributed by atoms with Gasteiger partial charge in [-0.15, -0.1) is 11.8 Å². The van der Waals surface area contributed by atoms with E-state index < -0.39 is 0 Å². The van der Waals surface area contributed by atoms with Crippen LogP contribution in [0.4, 0.5) is 0 Å². The van der Waals surface area contributed by atoms with Gasteiger partial charge in [0.05, 0.1) is 12.9 Å². The van der Waals surface area contributed by atoms with Crippen molar-refractivity contribution in [3.8, 4) is 5.75 Å². The molecule has 0 bridgehead atoms. The zero-order chi connectivity index (χ0) is 20.7. The van der Waals surface area contributed by atoms with Crippen LogP contribution < -0.4 is 15.6 Å². The highest BCUT2D eigenvalue weighted by Crippen LogP contribution is 2.24. The highest BCUT2D eigenvalue weighted by Gasteiger charge is 2.11. The van der Waals surface area contributed by atoms with Crippen molar-refractivity contribution in [2.45, 2.75) is 26.5 Å². The average molecular weight is 401 g/mol. The molecule has 6 nitrogen and oxygen atoms in total. The monoisotopic (exact) mass is 400 g/mol. The van der Waals surface area contributed by atoms with Crippen LogP contribution in [0.15, 0.2) is 36.4 Å². The molecule has 2 amide bonds. The summed E-state index contributed by atoms with van der Waals surface area (Å²) in [7, 11) is 1.56. The van der Waals surface area contributed by atoms with E-state index in [1.807, 2.05) is 26.0 Å². The minimum atomic E-state index is -0.355. The van der Waals surface area contributed by atoms with Gasteiger partial charge in [-0.1, -0.05) is 17.7 Å². The van der Waals surface area contributed by atoms with Gasteiger partial charge in [0.25, 0.3) is 5.91 Å². The maximum atomic E-state index is 12.2. The predicted octanol–water partition coefficient (Wildman–Crippen LogP) is 3.21. The molecule has 0 aliphatic carbocycles. The van der Waals surface area contributed by atoms with Gasteiger partial charge in [-0.25, -0.2) is 0 Å². The fourth-order valence-corrected chi connectivity index (χ4v) is 3.47. The first-order valence-corrected chi connectivity index (χ1v) is 9.89. The second-order valence-corrected chi connectivity index (χ2v) is 7.38. The molecule has 7 heteroatoms. The number of hydrogen-bond acceptors (Lipinski definition) is 5. The normalized spacial score (nSPS) is 10.3. The van der Waals surface area contributed by atoms with Gasteiger partial charge in [0.1, 0.15) is 5.75 Å². The number of carbonyl (C=O) groups excluding carboxylic acids is 3. The Balaban J connectivity index is 1.85. The topological polar surface area (TPSA) is 84.5 Å². The van der Waals surface area contributed by atoms with Gasteiger partial charge in [-0.3, -0.25) is 25.2 Å². The van der Waals surface area contributed by atoms with Crippen LogP contribution in [0.3, 0.4) is 0 Å². The third-order valence-corrected chi connectivity index (χ3v) is 5.10. The minimum absolute atomic E-state index is 0.0271. The first-order valence-electron chi connectivity index (χ1n) is 8.74. The lowest BCUT2D eigenvalue weighted by Crippen LogP contribution is -2.42. The minimum Gasteiger partial charge on any atom is -0.496 e. The van der Waals surface area contributed by atoms with Crippen LogP contribution in [-0.4, -0.2) is 30.5 Å². The lowest BCUT2D eigenvalue weighted by molar-refractivity contribution is -0.119. The second-order valence-electron chi connectivity index (χ2n) is 6.40. The fourth-order valence-electron chi connectivity index (χ4n) is 2.66. The molecule has 148 valence electrons. The van der Waals surface area contributed by atoms with E-state index in [1.165, 1.54) is 18.7 Å². The standard InChI is InChI=1S/C21H24N2O4S/c1-13-5-7-18(14(2)9-13)21(26)23-22-20(25)12-28-11-17-10-16(15(3)24)6-8-19(17)27-4/h5-10H,11-12H2,1-4H3,(H,22,25)(H,23,26). The first kappa shape index (κ1) is 21.5. The van der Waals surface area contributed by atoms with Gasteiger partial charge in [-0.2, -0.15) is 0 Å². The zero-order valence-electron chi connectivity index (χ0n) is 16.4. The van der Waals surface area contributed by atoms with Crippen molar-refractivity contribution >= 4 is 29.4 Å². The van der Waals surface area contributed by atoms with Crippen molar-refractivity contribution in [1.82, 2.24) is 10.9 Å². The summed E-state index contributed by atoms with van der Waals surface area (Å²) in [5, 5.41) is 0. The Hall–Kier alpha value is -2.80. The third kappa shape index (κ3) is 5.85. The highest BCUT2D eigenvalue weighted by atomic mass is 32.2. The summed E-state index contributed by atoms with van der Waals surface area (Å²) in [4.78, 5) is 35.7. The molecule has 2 aromatic rings. The van der Waals surface area contributed by atoms with Gasteiger partial charge >= 0.3 is 0 Å². The first-order chi connectivity index (χ1) is 13.3. The average Bonchev–Trinajstić information content (AvgIpc) is 2.66. The Labute approximate surface area is 169 Å². The lowest BCUT2D eigenvalue weighted by Gasteiger charge is -2.11. The molecule has 2 aromatic carbocycles. The van der Waals surface area contributed by atoms with Crippen LogP contribution >= 0.6 is 11.8 Å². The maximum Gasteiger partial charge on any atom is 0.269 e. The van der Waals surface area contributed by atoms with Crippen LogP contribution in [0.1, 0.15) is 44.3 Å². The van der Waals surface area contributed by atoms with Crippen LogP contribution in [0.25, 0.3) is 0 Å². The molecule has 0 aliphatic rings. The molecule has 2 rings (SSSR count). The summed E-state index contributed by atoms with van der Waals surface area (Å²) in [6.07, 6.45) is 0. The van der Waals surface area contributed by atoms with E-state index in [4.69, 9.17) is 4.74 Å². The van der Waals surface area contributed by atoms with Crippen LogP contribution in [-0.2, 0) is 10.5 Å². The van der Waals surface area contributed by atoms with Gasteiger partial charge in [0.2, 0.25) is 5.91 Å². The number of ether oxygens (including phenoxy) is 1. The predicted molar refractivity (Wildman–Crippen MR) is 111 cm³/mol. The number of nitrogens with one attached hydrogen (secondary N) is 2. The van der Waals surface area contributed by atoms with E-state index in [-0.39, 0.29) is 23.4 Å². The van der Waals surface area contributed by atoms with Gasteiger partial charge in [0, 0.05) is 22.4 Å². The number of thioether (sulfide) groups is 1. The molecule has 0 spiro atoms. The van der Waals surface area contributed by atoms with E-state index in [9.17, 15) is 14.4 Å². The van der Waals surface area contributed by atoms with Crippen LogP contribution in [0.5, 0.6) is 5.75 Å². The molecule has 0 unspecified atom stereocenters. The molecule has 0 heterocycles. The number of ketones is 1. The summed E-state index contributed by atoms with van der Waals surface area (Å²) in [6.45, 7) is 5.31. The summed E-state index contributed by atoms with van der Waals surface area (Å²) in [6, 6.07) is 10.7. The maximum absolute atomic E-state index is 12.2.